The van der Waals surface area contributed by atoms with E-state index in [1.807, 2.05) is 24.3 Å². The summed E-state index contributed by atoms with van der Waals surface area (Å²) in [4.78, 5) is 28.5. The minimum absolute atomic E-state index is 0.0631. The van der Waals surface area contributed by atoms with Crippen molar-refractivity contribution in [2.45, 2.75) is 12.5 Å². The predicted molar refractivity (Wildman–Crippen MR) is 112 cm³/mol. The summed E-state index contributed by atoms with van der Waals surface area (Å²) in [6.45, 7) is 0. The fourth-order valence-corrected chi connectivity index (χ4v) is 4.06. The first-order valence-electron chi connectivity index (χ1n) is 8.66. The summed E-state index contributed by atoms with van der Waals surface area (Å²) in [5.74, 6) is -2.51. The van der Waals surface area contributed by atoms with Gasteiger partial charge in [0.2, 0.25) is 5.82 Å². The number of benzene rings is 2. The van der Waals surface area contributed by atoms with E-state index in [2.05, 4.69) is 27.6 Å². The van der Waals surface area contributed by atoms with Crippen LogP contribution < -0.4 is 0 Å². The van der Waals surface area contributed by atoms with Gasteiger partial charge >= 0.3 is 5.97 Å². The number of fused-ring (bicyclic) bond motifs is 1. The number of aromatic carboxylic acids is 1. The number of imidazole rings is 1. The number of carboxylic acids is 1. The molecule has 1 unspecified atom stereocenters. The van der Waals surface area contributed by atoms with E-state index < -0.39 is 23.6 Å². The first-order valence-corrected chi connectivity index (χ1v) is 9.74. The Bertz CT molecular complexity index is 1230. The van der Waals surface area contributed by atoms with Crippen molar-refractivity contribution < 1.29 is 23.5 Å². The Balaban J connectivity index is 1.78. The van der Waals surface area contributed by atoms with Gasteiger partial charge in [-0.1, -0.05) is 18.2 Å². The summed E-state index contributed by atoms with van der Waals surface area (Å²) in [7, 11) is 0. The van der Waals surface area contributed by atoms with Crippen LogP contribution in [0.3, 0.4) is 0 Å². The van der Waals surface area contributed by atoms with Gasteiger partial charge in [0.15, 0.2) is 5.78 Å². The lowest BCUT2D eigenvalue weighted by atomic mass is 9.96. The number of hydrogen-bond acceptors (Lipinski definition) is 4. The summed E-state index contributed by atoms with van der Waals surface area (Å²) in [5, 5.41) is 10.1. The monoisotopic (exact) mass is 504 g/mol. The molecule has 2 aromatic heterocycles. The molecule has 0 bridgehead atoms. The molecule has 2 heterocycles. The maximum atomic E-state index is 14.5. The molecule has 0 fully saturated rings. The Morgan fingerprint density at radius 2 is 2.03 bits per heavy atom. The molecule has 0 saturated carbocycles. The minimum atomic E-state index is -1.20. The van der Waals surface area contributed by atoms with Crippen LogP contribution in [0, 0.1) is 9.39 Å². The predicted octanol–water partition coefficient (Wildman–Crippen LogP) is 4.93. The number of carbonyl (C=O) groups is 2. The molecule has 8 heteroatoms. The standard InChI is InChI=1S/C21H14FIN2O4/c22-15-10-19-12(5-8-29-19)9-14(15)18(26)11-17(13-3-1-2-4-16(13)23)25-7-6-24-20(25)21(27)28/h1-10,17H,11H2,(H,27,28). The number of carbonyl (C=O) groups excluding carboxylic acids is 1. The van der Waals surface area contributed by atoms with E-state index >= 15 is 0 Å². The zero-order valence-electron chi connectivity index (χ0n) is 14.9. The van der Waals surface area contributed by atoms with E-state index in [0.29, 0.717) is 11.0 Å². The highest BCUT2D eigenvalue weighted by atomic mass is 127. The van der Waals surface area contributed by atoms with Gasteiger partial charge in [-0.05, 0) is 46.4 Å². The van der Waals surface area contributed by atoms with E-state index in [-0.39, 0.29) is 17.8 Å². The molecule has 4 aromatic rings. The fraction of sp³-hybridized carbons (Fsp3) is 0.0952. The van der Waals surface area contributed by atoms with Crippen LogP contribution in [0.25, 0.3) is 11.0 Å². The molecule has 146 valence electrons. The van der Waals surface area contributed by atoms with Crippen LogP contribution >= 0.6 is 22.6 Å². The normalized spacial score (nSPS) is 12.2. The summed E-state index contributed by atoms with van der Waals surface area (Å²) < 4.78 is 22.0. The number of rotatable bonds is 6. The van der Waals surface area contributed by atoms with Crippen molar-refractivity contribution in [1.29, 1.82) is 0 Å². The SMILES string of the molecule is O=C(CC(c1ccccc1I)n1ccnc1C(=O)O)c1cc2ccoc2cc1F. The first-order chi connectivity index (χ1) is 14.0. The van der Waals surface area contributed by atoms with E-state index in [0.717, 1.165) is 9.13 Å². The molecule has 0 amide bonds. The smallest absolute Gasteiger partial charge is 0.372 e. The molecule has 0 aliphatic carbocycles. The molecule has 0 radical (unpaired) electrons. The van der Waals surface area contributed by atoms with Crippen LogP contribution in [0.4, 0.5) is 4.39 Å². The van der Waals surface area contributed by atoms with Gasteiger partial charge in [0, 0.05) is 33.8 Å². The van der Waals surface area contributed by atoms with Crippen LogP contribution in [0.2, 0.25) is 0 Å². The molecule has 2 aromatic carbocycles. The molecule has 0 saturated heterocycles. The molecule has 0 aliphatic rings. The molecule has 4 rings (SSSR count). The number of halogens is 2. The summed E-state index contributed by atoms with van der Waals surface area (Å²) in [5.41, 5.74) is 1.05. The Hall–Kier alpha value is -3.01. The number of nitrogens with zero attached hydrogens (tertiary/aromatic N) is 2. The molecule has 0 aliphatic heterocycles. The topological polar surface area (TPSA) is 85.3 Å². The van der Waals surface area contributed by atoms with Crippen LogP contribution in [0.5, 0.6) is 0 Å². The van der Waals surface area contributed by atoms with Gasteiger partial charge in [0.05, 0.1) is 17.9 Å². The second kappa shape index (κ2) is 7.78. The average molecular weight is 504 g/mol. The van der Waals surface area contributed by atoms with Crippen molar-refractivity contribution in [3.05, 3.63) is 87.5 Å². The maximum absolute atomic E-state index is 14.5. The van der Waals surface area contributed by atoms with E-state index in [1.165, 1.54) is 35.4 Å². The lowest BCUT2D eigenvalue weighted by Gasteiger charge is -2.21. The molecule has 1 N–H and O–H groups in total. The van der Waals surface area contributed by atoms with E-state index in [4.69, 9.17) is 4.42 Å². The number of furan rings is 1. The van der Waals surface area contributed by atoms with Crippen LogP contribution in [0.15, 0.2) is 65.5 Å². The van der Waals surface area contributed by atoms with Gasteiger partial charge in [0.25, 0.3) is 0 Å². The Morgan fingerprint density at radius 3 is 2.79 bits per heavy atom. The minimum Gasteiger partial charge on any atom is -0.475 e. The van der Waals surface area contributed by atoms with Crippen molar-refractivity contribution in [2.24, 2.45) is 0 Å². The van der Waals surface area contributed by atoms with Crippen molar-refractivity contribution in [3.63, 3.8) is 0 Å². The molecule has 29 heavy (non-hydrogen) atoms. The van der Waals surface area contributed by atoms with Crippen molar-refractivity contribution in [3.8, 4) is 0 Å². The van der Waals surface area contributed by atoms with Gasteiger partial charge in [-0.15, -0.1) is 0 Å². The highest BCUT2D eigenvalue weighted by molar-refractivity contribution is 14.1. The molecular formula is C21H14FIN2O4. The third-order valence-corrected chi connectivity index (χ3v) is 5.66. The quantitative estimate of drug-likeness (QED) is 0.297. The molecule has 0 spiro atoms. The zero-order valence-corrected chi connectivity index (χ0v) is 17.0. The number of hydrogen-bond donors (Lipinski definition) is 1. The molecular weight excluding hydrogens is 490 g/mol. The third-order valence-electron chi connectivity index (χ3n) is 4.68. The summed E-state index contributed by atoms with van der Waals surface area (Å²) in [6, 6.07) is 11.0. The number of Topliss-reactive ketones (excluding diaryl/α,β-unsaturated/α-hetero) is 1. The number of ketones is 1. The average Bonchev–Trinajstić information content (AvgIpc) is 3.35. The first kappa shape index (κ1) is 19.3. The van der Waals surface area contributed by atoms with Gasteiger partial charge in [-0.3, -0.25) is 4.79 Å². The van der Waals surface area contributed by atoms with Crippen LogP contribution in [-0.4, -0.2) is 26.4 Å². The van der Waals surface area contributed by atoms with Crippen molar-refractivity contribution in [2.75, 3.05) is 0 Å². The van der Waals surface area contributed by atoms with Gasteiger partial charge in [0.1, 0.15) is 11.4 Å². The van der Waals surface area contributed by atoms with Gasteiger partial charge in [-0.2, -0.15) is 0 Å². The largest absolute Gasteiger partial charge is 0.475 e. The Labute approximate surface area is 178 Å². The fourth-order valence-electron chi connectivity index (χ4n) is 3.32. The maximum Gasteiger partial charge on any atom is 0.372 e. The second-order valence-electron chi connectivity index (χ2n) is 6.42. The zero-order chi connectivity index (χ0) is 20.5. The van der Waals surface area contributed by atoms with Gasteiger partial charge in [-0.25, -0.2) is 14.2 Å². The highest BCUT2D eigenvalue weighted by Crippen LogP contribution is 2.30. The van der Waals surface area contributed by atoms with Crippen LogP contribution in [0.1, 0.15) is 39.0 Å². The lowest BCUT2D eigenvalue weighted by Crippen LogP contribution is -2.21. The van der Waals surface area contributed by atoms with E-state index in [1.54, 1.807) is 6.07 Å². The van der Waals surface area contributed by atoms with Crippen LogP contribution in [-0.2, 0) is 0 Å². The number of aromatic nitrogens is 2. The molecule has 6 nitrogen and oxygen atoms in total. The lowest BCUT2D eigenvalue weighted by molar-refractivity contribution is 0.0674. The Kier molecular flexibility index (Phi) is 5.18. The summed E-state index contributed by atoms with van der Waals surface area (Å²) in [6.07, 6.45) is 4.18. The molecule has 1 atom stereocenters. The van der Waals surface area contributed by atoms with Gasteiger partial charge < -0.3 is 14.1 Å². The second-order valence-corrected chi connectivity index (χ2v) is 7.58. The summed E-state index contributed by atoms with van der Waals surface area (Å²) >= 11 is 2.13. The van der Waals surface area contributed by atoms with E-state index in [9.17, 15) is 19.1 Å². The highest BCUT2D eigenvalue weighted by Gasteiger charge is 2.26. The van der Waals surface area contributed by atoms with Crippen molar-refractivity contribution in [1.82, 2.24) is 9.55 Å². The Morgan fingerprint density at radius 1 is 1.24 bits per heavy atom. The number of carboxylic acid groups (broad SMARTS) is 1. The third kappa shape index (κ3) is 3.67. The van der Waals surface area contributed by atoms with Crippen molar-refractivity contribution >= 4 is 45.3 Å².